The van der Waals surface area contributed by atoms with E-state index in [1.807, 2.05) is 61.7 Å². The van der Waals surface area contributed by atoms with Gasteiger partial charge in [-0.3, -0.25) is 9.36 Å². The van der Waals surface area contributed by atoms with Gasteiger partial charge in [0.05, 0.1) is 29.0 Å². The van der Waals surface area contributed by atoms with Crippen LogP contribution in [0.5, 0.6) is 0 Å². The van der Waals surface area contributed by atoms with Crippen molar-refractivity contribution >= 4 is 23.5 Å². The molecule has 2 aromatic heterocycles. The Hall–Kier alpha value is -4.40. The number of nitrogens with one attached hydrogen (secondary N) is 2. The lowest BCUT2D eigenvalue weighted by Crippen LogP contribution is -2.52. The lowest BCUT2D eigenvalue weighted by atomic mass is 9.71. The molecule has 1 saturated carbocycles. The van der Waals surface area contributed by atoms with Gasteiger partial charge < -0.3 is 20.5 Å². The van der Waals surface area contributed by atoms with Crippen LogP contribution in [0.2, 0.25) is 0 Å². The van der Waals surface area contributed by atoms with Crippen molar-refractivity contribution in [3.63, 3.8) is 0 Å². The van der Waals surface area contributed by atoms with E-state index in [4.69, 9.17) is 9.72 Å². The molecule has 2 aliphatic carbocycles. The molecule has 41 heavy (non-hydrogen) atoms. The molecule has 9 nitrogen and oxygen atoms in total. The first-order valence-electron chi connectivity index (χ1n) is 14.1. The zero-order valence-corrected chi connectivity index (χ0v) is 23.8. The molecule has 3 aliphatic rings. The molecule has 3 aromatic rings. The van der Waals surface area contributed by atoms with Gasteiger partial charge in [0.25, 0.3) is 0 Å². The highest BCUT2D eigenvalue weighted by Gasteiger charge is 2.41. The van der Waals surface area contributed by atoms with Gasteiger partial charge in [0.2, 0.25) is 0 Å². The van der Waals surface area contributed by atoms with Crippen LogP contribution in [0.15, 0.2) is 60.4 Å². The molecule has 1 aliphatic heterocycles. The second-order valence-electron chi connectivity index (χ2n) is 12.2. The Morgan fingerprint density at radius 3 is 2.61 bits per heavy atom. The number of allylic oxidation sites excluding steroid dienone is 4. The van der Waals surface area contributed by atoms with E-state index in [1.165, 1.54) is 0 Å². The molecule has 6 rings (SSSR count). The number of aromatic nitrogens is 3. The maximum Gasteiger partial charge on any atom is 0.408 e. The summed E-state index contributed by atoms with van der Waals surface area (Å²) in [6.07, 6.45) is 8.80. The Morgan fingerprint density at radius 1 is 1.20 bits per heavy atom. The van der Waals surface area contributed by atoms with E-state index in [9.17, 15) is 14.7 Å². The molecule has 1 fully saturated rings. The lowest BCUT2D eigenvalue weighted by Gasteiger charge is -2.43. The number of benzene rings is 1. The number of carboxylic acids is 1. The van der Waals surface area contributed by atoms with E-state index < -0.39 is 23.2 Å². The van der Waals surface area contributed by atoms with Gasteiger partial charge in [0.15, 0.2) is 5.82 Å². The number of nitrogens with zero attached hydrogens (tertiary/aromatic N) is 3. The molecule has 0 spiro atoms. The SMILES string of the molecule is CC1C=CC2=C(C1)Nc1ncccc1-n1c2nc(CC(=O)O)c1-c1ccc(C2(NC(=O)OC(C)(C)C)CCC2)cc1. The molecule has 3 N–H and O–H groups in total. The van der Waals surface area contributed by atoms with Crippen molar-refractivity contribution in [2.45, 2.75) is 70.9 Å². The van der Waals surface area contributed by atoms with Crippen molar-refractivity contribution in [1.82, 2.24) is 19.9 Å². The number of carboxylic acid groups (broad SMARTS) is 1. The maximum absolute atomic E-state index is 12.7. The second-order valence-corrected chi connectivity index (χ2v) is 12.2. The maximum atomic E-state index is 12.7. The molecule has 3 heterocycles. The Morgan fingerprint density at radius 2 is 1.95 bits per heavy atom. The lowest BCUT2D eigenvalue weighted by molar-refractivity contribution is -0.136. The van der Waals surface area contributed by atoms with Crippen molar-refractivity contribution in [3.8, 4) is 16.9 Å². The largest absolute Gasteiger partial charge is 0.481 e. The van der Waals surface area contributed by atoms with Gasteiger partial charge >= 0.3 is 12.1 Å². The first-order chi connectivity index (χ1) is 19.5. The molecule has 1 atom stereocenters. The van der Waals surface area contributed by atoms with Gasteiger partial charge in [-0.1, -0.05) is 43.3 Å². The number of pyridine rings is 1. The van der Waals surface area contributed by atoms with E-state index in [-0.39, 0.29) is 6.42 Å². The van der Waals surface area contributed by atoms with Crippen LogP contribution >= 0.6 is 0 Å². The fraction of sp³-hybridized carbons (Fsp3) is 0.375. The number of aliphatic carboxylic acids is 1. The number of alkyl carbamates (subject to hydrolysis) is 1. The third kappa shape index (κ3) is 5.01. The minimum absolute atomic E-state index is 0.215. The van der Waals surface area contributed by atoms with E-state index in [2.05, 4.69) is 34.7 Å². The number of anilines is 1. The van der Waals surface area contributed by atoms with Crippen LogP contribution in [0.3, 0.4) is 0 Å². The van der Waals surface area contributed by atoms with Crippen molar-refractivity contribution in [2.24, 2.45) is 5.92 Å². The first kappa shape index (κ1) is 26.8. The summed E-state index contributed by atoms with van der Waals surface area (Å²) >= 11 is 0. The highest BCUT2D eigenvalue weighted by atomic mass is 16.6. The number of amides is 1. The minimum Gasteiger partial charge on any atom is -0.481 e. The van der Waals surface area contributed by atoms with Crippen LogP contribution in [-0.2, 0) is 21.5 Å². The monoisotopic (exact) mass is 553 g/mol. The molecule has 0 saturated heterocycles. The summed E-state index contributed by atoms with van der Waals surface area (Å²) in [5.74, 6) is 0.805. The van der Waals surface area contributed by atoms with E-state index in [0.717, 1.165) is 53.8 Å². The fourth-order valence-corrected chi connectivity index (χ4v) is 5.91. The predicted molar refractivity (Wildman–Crippen MR) is 156 cm³/mol. The number of fused-ring (bicyclic) bond motifs is 4. The molecular weight excluding hydrogens is 518 g/mol. The third-order valence-corrected chi connectivity index (χ3v) is 7.91. The van der Waals surface area contributed by atoms with Crippen molar-refractivity contribution < 1.29 is 19.4 Å². The fourth-order valence-electron chi connectivity index (χ4n) is 5.91. The highest BCUT2D eigenvalue weighted by molar-refractivity contribution is 5.86. The van der Waals surface area contributed by atoms with Crippen LogP contribution < -0.4 is 10.6 Å². The van der Waals surface area contributed by atoms with Crippen molar-refractivity contribution in [1.29, 1.82) is 0 Å². The zero-order chi connectivity index (χ0) is 28.9. The van der Waals surface area contributed by atoms with Gasteiger partial charge in [-0.25, -0.2) is 14.8 Å². The number of ether oxygens (including phenoxy) is 1. The second kappa shape index (κ2) is 9.90. The molecule has 212 valence electrons. The summed E-state index contributed by atoms with van der Waals surface area (Å²) in [5, 5.41) is 16.5. The first-order valence-corrected chi connectivity index (χ1v) is 14.1. The summed E-state index contributed by atoms with van der Waals surface area (Å²) in [6.45, 7) is 7.71. The molecule has 1 unspecified atom stereocenters. The summed E-state index contributed by atoms with van der Waals surface area (Å²) in [7, 11) is 0. The van der Waals surface area contributed by atoms with E-state index >= 15 is 0 Å². The summed E-state index contributed by atoms with van der Waals surface area (Å²) in [5.41, 5.74) is 4.73. The van der Waals surface area contributed by atoms with Gasteiger partial charge in [0.1, 0.15) is 11.4 Å². The van der Waals surface area contributed by atoms with Gasteiger partial charge in [0, 0.05) is 23.0 Å². The number of carbonyl (C=O) groups excluding carboxylic acids is 1. The van der Waals surface area contributed by atoms with Crippen LogP contribution in [0.4, 0.5) is 10.6 Å². The minimum atomic E-state index is -0.947. The molecule has 1 aromatic carbocycles. The van der Waals surface area contributed by atoms with Crippen LogP contribution in [0, 0.1) is 5.92 Å². The van der Waals surface area contributed by atoms with Crippen molar-refractivity contribution in [2.75, 3.05) is 5.32 Å². The Kier molecular flexibility index (Phi) is 6.47. The average Bonchev–Trinajstić information content (AvgIpc) is 3.17. The predicted octanol–water partition coefficient (Wildman–Crippen LogP) is 6.20. The molecule has 1 amide bonds. The number of carbonyl (C=O) groups is 2. The van der Waals surface area contributed by atoms with Gasteiger partial charge in [-0.15, -0.1) is 0 Å². The molecular formula is C32H35N5O4. The molecule has 0 radical (unpaired) electrons. The van der Waals surface area contributed by atoms with Crippen LogP contribution in [-0.4, -0.2) is 37.3 Å². The number of imidazole rings is 1. The number of hydrogen-bond acceptors (Lipinski definition) is 6. The van der Waals surface area contributed by atoms with Crippen LogP contribution in [0.25, 0.3) is 22.5 Å². The van der Waals surface area contributed by atoms with Gasteiger partial charge in [-0.05, 0) is 70.1 Å². The standard InChI is InChI=1S/C32H35N5O4/c1-19-8-13-22-23(17-19)34-28-25(7-5-16-33-28)37-27(24(18-26(38)39)35-29(22)37)20-9-11-21(12-10-20)32(14-6-15-32)36-30(40)41-31(2,3)4/h5,7-13,16,19H,6,14-15,17-18H2,1-4H3,(H,33,34)(H,36,40)(H,38,39). The van der Waals surface area contributed by atoms with Gasteiger partial charge in [-0.2, -0.15) is 0 Å². The average molecular weight is 554 g/mol. The molecule has 0 bridgehead atoms. The smallest absolute Gasteiger partial charge is 0.408 e. The van der Waals surface area contributed by atoms with E-state index in [0.29, 0.717) is 28.9 Å². The molecule has 9 heteroatoms. The summed E-state index contributed by atoms with van der Waals surface area (Å²) in [6, 6.07) is 11.9. The highest BCUT2D eigenvalue weighted by Crippen LogP contribution is 2.44. The summed E-state index contributed by atoms with van der Waals surface area (Å²) in [4.78, 5) is 34.2. The zero-order valence-electron chi connectivity index (χ0n) is 23.8. The normalized spacial score (nSPS) is 18.7. The third-order valence-electron chi connectivity index (χ3n) is 7.91. The Bertz CT molecular complexity index is 1590. The van der Waals surface area contributed by atoms with Crippen molar-refractivity contribution in [3.05, 3.63) is 77.5 Å². The quantitative estimate of drug-likeness (QED) is 0.344. The number of hydrogen-bond donors (Lipinski definition) is 3. The van der Waals surface area contributed by atoms with E-state index in [1.54, 1.807) is 6.20 Å². The number of rotatable bonds is 5. The Labute approximate surface area is 239 Å². The summed E-state index contributed by atoms with van der Waals surface area (Å²) < 4.78 is 7.58. The van der Waals surface area contributed by atoms with Crippen LogP contribution in [0.1, 0.15) is 70.5 Å². The topological polar surface area (TPSA) is 118 Å². The Balaban J connectivity index is 1.46.